The molecule has 1 heterocycles. The van der Waals surface area contributed by atoms with Crippen LogP contribution in [0.1, 0.15) is 44.6 Å². The second kappa shape index (κ2) is 9.14. The molecule has 1 fully saturated rings. The van der Waals surface area contributed by atoms with Crippen molar-refractivity contribution in [2.75, 3.05) is 13.2 Å². The normalized spacial score (nSPS) is 20.4. The Morgan fingerprint density at radius 1 is 1.43 bits per heavy atom. The Morgan fingerprint density at radius 3 is 2.95 bits per heavy atom. The largest absolute Gasteiger partial charge is 0.378 e. The van der Waals surface area contributed by atoms with E-state index in [1.807, 2.05) is 6.07 Å². The lowest BCUT2D eigenvalue weighted by Crippen LogP contribution is -2.32. The first-order chi connectivity index (χ1) is 10.2. The predicted octanol–water partition coefficient (Wildman–Crippen LogP) is 4.97. The van der Waals surface area contributed by atoms with Gasteiger partial charge in [-0.3, -0.25) is 0 Å². The van der Waals surface area contributed by atoms with E-state index in [4.69, 9.17) is 16.3 Å². The first-order valence-electron chi connectivity index (χ1n) is 7.98. The van der Waals surface area contributed by atoms with Gasteiger partial charge in [0.25, 0.3) is 0 Å². The summed E-state index contributed by atoms with van der Waals surface area (Å²) in [6.45, 7) is 4.09. The van der Waals surface area contributed by atoms with Gasteiger partial charge in [0, 0.05) is 22.1 Å². The van der Waals surface area contributed by atoms with E-state index >= 15 is 0 Å². The topological polar surface area (TPSA) is 21.3 Å². The lowest BCUT2D eigenvalue weighted by molar-refractivity contribution is 0.00861. The summed E-state index contributed by atoms with van der Waals surface area (Å²) in [6.07, 6.45) is 7.48. The van der Waals surface area contributed by atoms with E-state index in [1.54, 1.807) is 0 Å². The third kappa shape index (κ3) is 5.90. The molecule has 2 rings (SSSR count). The number of rotatable bonds is 7. The molecule has 0 radical (unpaired) electrons. The van der Waals surface area contributed by atoms with E-state index in [9.17, 15) is 0 Å². The van der Waals surface area contributed by atoms with Gasteiger partial charge in [-0.2, -0.15) is 0 Å². The molecule has 2 atom stereocenters. The van der Waals surface area contributed by atoms with Crippen molar-refractivity contribution in [1.82, 2.24) is 5.32 Å². The van der Waals surface area contributed by atoms with Gasteiger partial charge >= 0.3 is 0 Å². The summed E-state index contributed by atoms with van der Waals surface area (Å²) in [5, 5.41) is 4.43. The van der Waals surface area contributed by atoms with Gasteiger partial charge in [-0.25, -0.2) is 0 Å². The average Bonchev–Trinajstić information content (AvgIpc) is 2.49. The summed E-state index contributed by atoms with van der Waals surface area (Å²) in [7, 11) is 0. The molecule has 1 N–H and O–H groups in total. The van der Waals surface area contributed by atoms with E-state index < -0.39 is 0 Å². The average molecular weight is 375 g/mol. The van der Waals surface area contributed by atoms with Gasteiger partial charge in [-0.1, -0.05) is 40.5 Å². The summed E-state index contributed by atoms with van der Waals surface area (Å²) in [5.41, 5.74) is 1.22. The van der Waals surface area contributed by atoms with Crippen LogP contribution in [-0.4, -0.2) is 25.3 Å². The molecule has 1 aliphatic rings. The van der Waals surface area contributed by atoms with E-state index in [2.05, 4.69) is 40.3 Å². The predicted molar refractivity (Wildman–Crippen MR) is 93.1 cm³/mol. The molecule has 4 heteroatoms. The molecule has 0 bridgehead atoms. The van der Waals surface area contributed by atoms with Crippen LogP contribution in [-0.2, 0) is 11.2 Å². The summed E-state index contributed by atoms with van der Waals surface area (Å²) in [6, 6.07) is 6.63. The lowest BCUT2D eigenvalue weighted by Gasteiger charge is -2.25. The number of hydrogen-bond donors (Lipinski definition) is 1. The third-order valence-corrected chi connectivity index (χ3v) is 4.93. The molecule has 1 aliphatic heterocycles. The molecule has 0 saturated carbocycles. The first-order valence-corrected chi connectivity index (χ1v) is 9.15. The fourth-order valence-electron chi connectivity index (χ4n) is 2.94. The molecule has 2 unspecified atom stereocenters. The highest BCUT2D eigenvalue weighted by Crippen LogP contribution is 2.24. The second-order valence-electron chi connectivity index (χ2n) is 5.76. The molecule has 0 aliphatic carbocycles. The SMILES string of the molecule is CCNC(CCC1CCCCO1)Cc1ccc(Br)cc1Cl. The monoisotopic (exact) mass is 373 g/mol. The summed E-state index contributed by atoms with van der Waals surface area (Å²) < 4.78 is 6.87. The highest BCUT2D eigenvalue weighted by Gasteiger charge is 2.17. The summed E-state index contributed by atoms with van der Waals surface area (Å²) in [5.74, 6) is 0. The first kappa shape index (κ1) is 17.3. The van der Waals surface area contributed by atoms with Gasteiger partial charge in [0.2, 0.25) is 0 Å². The number of benzene rings is 1. The van der Waals surface area contributed by atoms with Crippen LogP contribution in [0, 0.1) is 0 Å². The fourth-order valence-corrected chi connectivity index (χ4v) is 3.69. The Kier molecular flexibility index (Phi) is 7.51. The van der Waals surface area contributed by atoms with Crippen molar-refractivity contribution in [3.8, 4) is 0 Å². The van der Waals surface area contributed by atoms with Crippen LogP contribution in [0.2, 0.25) is 5.02 Å². The van der Waals surface area contributed by atoms with Crippen LogP contribution in [0.4, 0.5) is 0 Å². The lowest BCUT2D eigenvalue weighted by atomic mass is 9.97. The molecule has 0 spiro atoms. The van der Waals surface area contributed by atoms with Gasteiger partial charge in [0.05, 0.1) is 6.10 Å². The van der Waals surface area contributed by atoms with Crippen molar-refractivity contribution in [2.24, 2.45) is 0 Å². The van der Waals surface area contributed by atoms with Gasteiger partial charge in [-0.15, -0.1) is 0 Å². The van der Waals surface area contributed by atoms with Gasteiger partial charge in [0.1, 0.15) is 0 Å². The maximum atomic E-state index is 6.34. The maximum absolute atomic E-state index is 6.34. The minimum atomic E-state index is 0.459. The van der Waals surface area contributed by atoms with Crippen LogP contribution in [0.3, 0.4) is 0 Å². The molecule has 21 heavy (non-hydrogen) atoms. The molecule has 0 amide bonds. The van der Waals surface area contributed by atoms with Crippen molar-refractivity contribution >= 4 is 27.5 Å². The molecule has 1 aromatic rings. The van der Waals surface area contributed by atoms with Gasteiger partial charge in [0.15, 0.2) is 0 Å². The number of nitrogens with one attached hydrogen (secondary N) is 1. The molecular formula is C17H25BrClNO. The van der Waals surface area contributed by atoms with Crippen molar-refractivity contribution in [1.29, 1.82) is 0 Å². The van der Waals surface area contributed by atoms with Crippen molar-refractivity contribution < 1.29 is 4.74 Å². The van der Waals surface area contributed by atoms with Crippen molar-refractivity contribution in [3.05, 3.63) is 33.3 Å². The second-order valence-corrected chi connectivity index (χ2v) is 7.08. The standard InChI is InChI=1S/C17H25BrClNO/c1-2-20-15(8-9-16-5-3-4-10-21-16)11-13-6-7-14(18)12-17(13)19/h6-7,12,15-16,20H,2-5,8-11H2,1H3. The number of hydrogen-bond acceptors (Lipinski definition) is 2. The van der Waals surface area contributed by atoms with Crippen molar-refractivity contribution in [2.45, 2.75) is 57.6 Å². The third-order valence-electron chi connectivity index (χ3n) is 4.09. The zero-order chi connectivity index (χ0) is 15.1. The molecular weight excluding hydrogens is 350 g/mol. The quantitative estimate of drug-likeness (QED) is 0.727. The number of likely N-dealkylation sites (N-methyl/N-ethyl adjacent to an activating group) is 1. The molecule has 118 valence electrons. The highest BCUT2D eigenvalue weighted by atomic mass is 79.9. The summed E-state index contributed by atoms with van der Waals surface area (Å²) >= 11 is 9.80. The number of ether oxygens (including phenoxy) is 1. The van der Waals surface area contributed by atoms with E-state index in [1.165, 1.54) is 24.8 Å². The maximum Gasteiger partial charge on any atom is 0.0575 e. The Balaban J connectivity index is 1.88. The minimum absolute atomic E-state index is 0.459. The molecule has 0 aromatic heterocycles. The fraction of sp³-hybridized carbons (Fsp3) is 0.647. The Morgan fingerprint density at radius 2 is 2.29 bits per heavy atom. The molecule has 1 aromatic carbocycles. The number of halogens is 2. The van der Waals surface area contributed by atoms with E-state index in [0.717, 1.165) is 41.9 Å². The zero-order valence-corrected chi connectivity index (χ0v) is 15.0. The van der Waals surface area contributed by atoms with Gasteiger partial charge < -0.3 is 10.1 Å². The molecule has 1 saturated heterocycles. The summed E-state index contributed by atoms with van der Waals surface area (Å²) in [4.78, 5) is 0. The zero-order valence-electron chi connectivity index (χ0n) is 12.7. The van der Waals surface area contributed by atoms with Gasteiger partial charge in [-0.05, 0) is 62.8 Å². The smallest absolute Gasteiger partial charge is 0.0575 e. The van der Waals surface area contributed by atoms with E-state index in [-0.39, 0.29) is 0 Å². The Hall–Kier alpha value is -0.0900. The van der Waals surface area contributed by atoms with Crippen LogP contribution < -0.4 is 5.32 Å². The Labute approximate surface area is 141 Å². The van der Waals surface area contributed by atoms with Crippen LogP contribution in [0.15, 0.2) is 22.7 Å². The van der Waals surface area contributed by atoms with Crippen molar-refractivity contribution in [3.63, 3.8) is 0 Å². The van der Waals surface area contributed by atoms with Crippen LogP contribution in [0.5, 0.6) is 0 Å². The van der Waals surface area contributed by atoms with Crippen LogP contribution >= 0.6 is 27.5 Å². The van der Waals surface area contributed by atoms with E-state index in [0.29, 0.717) is 12.1 Å². The molecule has 2 nitrogen and oxygen atoms in total. The highest BCUT2D eigenvalue weighted by molar-refractivity contribution is 9.10. The van der Waals surface area contributed by atoms with Crippen LogP contribution in [0.25, 0.3) is 0 Å². The Bertz CT molecular complexity index is 435. The minimum Gasteiger partial charge on any atom is -0.378 e.